The largest absolute Gasteiger partial charge is 0.508 e. The predicted molar refractivity (Wildman–Crippen MR) is 290 cm³/mol. The first-order valence-electron chi connectivity index (χ1n) is 26.0. The summed E-state index contributed by atoms with van der Waals surface area (Å²) in [6.45, 7) is 4.67. The van der Waals surface area contributed by atoms with Crippen LogP contribution >= 0.6 is 0 Å². The van der Waals surface area contributed by atoms with Gasteiger partial charge in [0.05, 0.1) is 31.2 Å². The Morgan fingerprint density at radius 3 is 1.51 bits per heavy atom. The maximum absolute atomic E-state index is 14.0. The molecule has 0 unspecified atom stereocenters. The number of phenolic OH excluding ortho intramolecular Hbond substituents is 2. The van der Waals surface area contributed by atoms with Gasteiger partial charge in [-0.3, -0.25) is 47.9 Å². The highest BCUT2D eigenvalue weighted by Gasteiger charge is 2.37. The Morgan fingerprint density at radius 1 is 0.537 bits per heavy atom. The number of fused-ring (bicyclic) bond motifs is 1. The molecule has 0 saturated heterocycles. The number of aromatic amines is 1. The van der Waals surface area contributed by atoms with Crippen LogP contribution in [0.1, 0.15) is 70.1 Å². The quantitative estimate of drug-likeness (QED) is 0.0244. The molecule has 0 radical (unpaired) electrons. The number of nitrogens with two attached hydrogens (primary N) is 1. The zero-order chi connectivity index (χ0) is 61.0. The number of carboxylic acid groups (broad SMARTS) is 3. The van der Waals surface area contributed by atoms with Gasteiger partial charge in [-0.1, -0.05) is 62.7 Å². The summed E-state index contributed by atoms with van der Waals surface area (Å²) in [4.78, 5) is 148. The Bertz CT molecular complexity index is 2910. The number of amides is 8. The minimum absolute atomic E-state index is 0.0957. The van der Waals surface area contributed by atoms with Gasteiger partial charge in [-0.2, -0.15) is 0 Å². The van der Waals surface area contributed by atoms with Gasteiger partial charge < -0.3 is 89.0 Å². The number of aromatic nitrogens is 1. The lowest BCUT2D eigenvalue weighted by molar-refractivity contribution is -0.144. The second kappa shape index (κ2) is 31.0. The highest BCUT2D eigenvalue weighted by Crippen LogP contribution is 2.20. The Hall–Kier alpha value is -9.15. The average Bonchev–Trinajstić information content (AvgIpc) is 3.98. The van der Waals surface area contributed by atoms with Crippen LogP contribution in [0.25, 0.3) is 10.9 Å². The molecule has 0 aliphatic carbocycles. The van der Waals surface area contributed by atoms with E-state index in [2.05, 4.69) is 47.5 Å². The second-order valence-electron chi connectivity index (χ2n) is 19.6. The fraction of sp³-hybridized carbons (Fsp3) is 0.426. The zero-order valence-corrected chi connectivity index (χ0v) is 45.2. The van der Waals surface area contributed by atoms with E-state index in [1.165, 1.54) is 48.5 Å². The van der Waals surface area contributed by atoms with Crippen molar-refractivity contribution in [1.29, 1.82) is 0 Å². The van der Waals surface area contributed by atoms with E-state index in [0.29, 0.717) is 34.0 Å². The fourth-order valence-corrected chi connectivity index (χ4v) is 8.22. The maximum atomic E-state index is 14.0. The number of H-pyrrole nitrogens is 1. The van der Waals surface area contributed by atoms with E-state index in [1.54, 1.807) is 44.3 Å². The lowest BCUT2D eigenvalue weighted by Gasteiger charge is -2.28. The van der Waals surface area contributed by atoms with E-state index in [-0.39, 0.29) is 36.7 Å². The zero-order valence-electron chi connectivity index (χ0n) is 45.2. The van der Waals surface area contributed by atoms with E-state index >= 15 is 0 Å². The number of aliphatic hydroxyl groups excluding tert-OH is 2. The summed E-state index contributed by atoms with van der Waals surface area (Å²) < 4.78 is 0. The topological polar surface area (TPSA) is 467 Å². The number of carbonyl (C=O) groups excluding carboxylic acids is 8. The second-order valence-corrected chi connectivity index (χ2v) is 19.6. The van der Waals surface area contributed by atoms with Crippen LogP contribution in [-0.4, -0.2) is 173 Å². The van der Waals surface area contributed by atoms with Gasteiger partial charge in [0, 0.05) is 42.8 Å². The number of hydrogen-bond donors (Lipinski definition) is 17. The number of benzene rings is 3. The van der Waals surface area contributed by atoms with Crippen molar-refractivity contribution in [3.63, 3.8) is 0 Å². The Kier molecular flexibility index (Phi) is 24.7. The number of hydrogen-bond acceptors (Lipinski definition) is 16. The highest BCUT2D eigenvalue weighted by atomic mass is 16.4. The monoisotopic (exact) mass is 1150 g/mol. The smallest absolute Gasteiger partial charge is 0.326 e. The van der Waals surface area contributed by atoms with Crippen LogP contribution in [0.3, 0.4) is 0 Å². The first kappa shape index (κ1) is 65.4. The fourth-order valence-electron chi connectivity index (χ4n) is 8.22. The molecule has 18 N–H and O–H groups in total. The van der Waals surface area contributed by atoms with E-state index in [1.807, 2.05) is 0 Å². The summed E-state index contributed by atoms with van der Waals surface area (Å²) in [5.74, 6) is -14.0. The molecule has 0 spiro atoms. The molecule has 28 heteroatoms. The van der Waals surface area contributed by atoms with Gasteiger partial charge >= 0.3 is 17.9 Å². The van der Waals surface area contributed by atoms with Crippen molar-refractivity contribution < 1.29 is 88.5 Å². The first-order valence-corrected chi connectivity index (χ1v) is 26.0. The molecule has 0 aliphatic rings. The summed E-state index contributed by atoms with van der Waals surface area (Å²) in [6, 6.07) is 4.54. The molecule has 82 heavy (non-hydrogen) atoms. The van der Waals surface area contributed by atoms with Crippen molar-refractivity contribution in [2.24, 2.45) is 11.7 Å². The van der Waals surface area contributed by atoms with Gasteiger partial charge in [-0.25, -0.2) is 4.79 Å². The number of carbonyl (C=O) groups is 11. The molecular weight excluding hydrogens is 1080 g/mol. The third kappa shape index (κ3) is 20.2. The summed E-state index contributed by atoms with van der Waals surface area (Å²) in [5, 5.41) is 89.2. The lowest BCUT2D eigenvalue weighted by atomic mass is 9.98. The van der Waals surface area contributed by atoms with E-state index in [0.717, 1.165) is 13.8 Å². The van der Waals surface area contributed by atoms with Crippen molar-refractivity contribution in [1.82, 2.24) is 47.5 Å². The molecule has 0 fully saturated rings. The Morgan fingerprint density at radius 2 is 1.01 bits per heavy atom. The molecule has 3 aromatic carbocycles. The highest BCUT2D eigenvalue weighted by molar-refractivity contribution is 5.98. The van der Waals surface area contributed by atoms with Crippen molar-refractivity contribution in [3.05, 3.63) is 95.7 Å². The Labute approximate surface area is 469 Å². The van der Waals surface area contributed by atoms with Gasteiger partial charge in [0.1, 0.15) is 53.8 Å². The number of aliphatic hydroxyl groups is 2. The molecule has 444 valence electrons. The number of para-hydroxylation sites is 1. The van der Waals surface area contributed by atoms with Crippen LogP contribution in [0.2, 0.25) is 0 Å². The van der Waals surface area contributed by atoms with Gasteiger partial charge in [-0.15, -0.1) is 0 Å². The normalized spacial score (nSPS) is 15.2. The molecule has 4 rings (SSSR count). The van der Waals surface area contributed by atoms with Crippen LogP contribution in [-0.2, 0) is 72.0 Å². The molecule has 1 heterocycles. The van der Waals surface area contributed by atoms with Crippen LogP contribution in [0.15, 0.2) is 79.0 Å². The predicted octanol–water partition coefficient (Wildman–Crippen LogP) is -2.32. The molecule has 8 amide bonds. The summed E-state index contributed by atoms with van der Waals surface area (Å²) in [6.07, 6.45) is -4.59. The summed E-state index contributed by atoms with van der Waals surface area (Å²) in [7, 11) is 0. The molecule has 0 bridgehead atoms. The van der Waals surface area contributed by atoms with Gasteiger partial charge in [-0.05, 0) is 73.2 Å². The number of rotatable bonds is 32. The summed E-state index contributed by atoms with van der Waals surface area (Å²) >= 11 is 0. The molecule has 0 saturated carbocycles. The average molecular weight is 1150 g/mol. The van der Waals surface area contributed by atoms with E-state index in [4.69, 9.17) is 5.73 Å². The lowest BCUT2D eigenvalue weighted by Crippen LogP contribution is -2.61. The minimum atomic E-state index is -1.97. The molecule has 4 aromatic rings. The van der Waals surface area contributed by atoms with Crippen LogP contribution in [0, 0.1) is 5.92 Å². The first-order chi connectivity index (χ1) is 38.7. The van der Waals surface area contributed by atoms with Crippen LogP contribution in [0.4, 0.5) is 0 Å². The SMILES string of the molecule is CC[C@H](C)[C@H](N)C(=O)N[C@@H](Cc1ccc(O)cc1)C(=O)N[C@@H](CCC(=O)O)C(=O)N[C@H](C(=O)N[C@@H](Cc1ccc(O)cc1)C(=O)NCC(=O)N[C@@H](CC(=O)O)C(=O)N[C@H](C(=O)N[C@@H](Cc1c[nH]c2ccccc12)C(=O)O)[C@@H](C)O)[C@@H](C)O. The molecule has 0 aliphatic heterocycles. The van der Waals surface area contributed by atoms with Crippen molar-refractivity contribution >= 4 is 76.1 Å². The third-order valence-electron chi connectivity index (χ3n) is 13.2. The Balaban J connectivity index is 1.50. The van der Waals surface area contributed by atoms with Crippen molar-refractivity contribution in [3.8, 4) is 11.5 Å². The summed E-state index contributed by atoms with van der Waals surface area (Å²) in [5.41, 5.74) is 8.09. The van der Waals surface area contributed by atoms with Gasteiger partial charge in [0.2, 0.25) is 47.3 Å². The number of phenols is 2. The number of aromatic hydroxyl groups is 2. The molecule has 1 aromatic heterocycles. The molecule has 28 nitrogen and oxygen atoms in total. The number of nitrogens with one attached hydrogen (secondary N) is 9. The van der Waals surface area contributed by atoms with Crippen LogP contribution in [0.5, 0.6) is 11.5 Å². The van der Waals surface area contributed by atoms with Crippen molar-refractivity contribution in [2.45, 2.75) is 133 Å². The van der Waals surface area contributed by atoms with Gasteiger partial charge in [0.15, 0.2) is 0 Å². The minimum Gasteiger partial charge on any atom is -0.508 e. The maximum Gasteiger partial charge on any atom is 0.326 e. The van der Waals surface area contributed by atoms with E-state index in [9.17, 15) is 88.5 Å². The molecule has 11 atom stereocenters. The number of aliphatic carboxylic acids is 3. The van der Waals surface area contributed by atoms with Gasteiger partial charge in [0.25, 0.3) is 0 Å². The van der Waals surface area contributed by atoms with Crippen molar-refractivity contribution in [2.75, 3.05) is 6.54 Å². The standard InChI is InChI=1S/C54H70N10O18/c1-5-26(2)44(55)51(78)60-38(21-30-12-16-33(68)17-13-30)49(76)59-36(18-19-42(70)71)48(75)63-45(27(3)65)52(79)61-37(20-29-10-14-32(67)15-11-29)47(74)57-25-41(69)58-39(23-43(72)73)50(77)64-46(28(4)66)53(80)62-40(54(81)82)22-31-24-56-35-9-7-6-8-34(31)35/h6-17,24,26-28,36-40,44-46,56,65-68H,5,18-23,25,55H2,1-4H3,(H,57,74)(H,58,69)(H,59,76)(H,60,78)(H,61,79)(H,62,80)(H,63,75)(H,64,77)(H,70,71)(H,72,73)(H,81,82)/t26-,27+,28+,36-,37-,38-,39-,40-,44-,45-,46-/m0/s1. The van der Waals surface area contributed by atoms with E-state index < -0.39 is 152 Å². The third-order valence-corrected chi connectivity index (χ3v) is 13.2. The van der Waals surface area contributed by atoms with Crippen LogP contribution < -0.4 is 48.3 Å². The number of carboxylic acids is 3. The molecular formula is C54H70N10O18.